The van der Waals surface area contributed by atoms with Gasteiger partial charge in [-0.1, -0.05) is 45.5 Å². The Bertz CT molecular complexity index is 922. The first-order valence-electron chi connectivity index (χ1n) is 10.7. The summed E-state index contributed by atoms with van der Waals surface area (Å²) >= 11 is 0. The van der Waals surface area contributed by atoms with Crippen molar-refractivity contribution in [3.63, 3.8) is 0 Å². The molecule has 0 amide bonds. The fourth-order valence-electron chi connectivity index (χ4n) is 2.58. The predicted octanol–water partition coefficient (Wildman–Crippen LogP) is 3.04. The zero-order valence-electron chi connectivity index (χ0n) is 20.0. The molecule has 0 fully saturated rings. The van der Waals surface area contributed by atoms with E-state index in [0.717, 1.165) is 16.9 Å². The molecule has 2 rings (SSSR count). The van der Waals surface area contributed by atoms with Gasteiger partial charge in [0.05, 0.1) is 25.5 Å². The Hall–Kier alpha value is -1.84. The van der Waals surface area contributed by atoms with Crippen molar-refractivity contribution < 1.29 is 28.1 Å². The number of aliphatic hydroxyl groups excluding tert-OH is 1. The molecule has 0 heterocycles. The monoisotopic (exact) mass is 496 g/mol. The number of ketones is 1. The standard InChI is InChI=1S/C17H27O4S.C8H10O2S/c1-4-20-12-16(19)13-21-17-7-5-14(6-8-17)11-15(18)9-10-22(2)3;1-7-3-5-8(6-4-7)11(2,9)10/h5-8,16,19H,4,9-13H2,1-3H3;3-6H,2H2,1H3,(H,9,10)/q+1;/p-1. The van der Waals surface area contributed by atoms with E-state index in [1.807, 2.05) is 38.1 Å². The van der Waals surface area contributed by atoms with Crippen LogP contribution in [0.4, 0.5) is 0 Å². The van der Waals surface area contributed by atoms with Crippen molar-refractivity contribution in [2.75, 3.05) is 38.1 Å². The van der Waals surface area contributed by atoms with E-state index in [4.69, 9.17) is 9.47 Å². The van der Waals surface area contributed by atoms with Crippen LogP contribution in [0.2, 0.25) is 0 Å². The first-order chi connectivity index (χ1) is 15.5. The molecule has 0 radical (unpaired) electrons. The van der Waals surface area contributed by atoms with Crippen LogP contribution in [0.15, 0.2) is 53.4 Å². The van der Waals surface area contributed by atoms with E-state index >= 15 is 0 Å². The molecule has 0 aliphatic carbocycles. The molecule has 0 spiro atoms. The number of carbonyl (C=O) groups is 1. The summed E-state index contributed by atoms with van der Waals surface area (Å²) in [5, 5.41) is 9.62. The fraction of sp³-hybridized carbons (Fsp3) is 0.440. The zero-order chi connectivity index (χ0) is 24.9. The lowest BCUT2D eigenvalue weighted by molar-refractivity contribution is -0.118. The maximum atomic E-state index is 11.8. The van der Waals surface area contributed by atoms with E-state index in [9.17, 15) is 18.7 Å². The Balaban J connectivity index is 0.000000412. The minimum absolute atomic E-state index is 0.202. The number of ether oxygens (including phenoxy) is 2. The summed E-state index contributed by atoms with van der Waals surface area (Å²) in [5.74, 6) is 4.98. The van der Waals surface area contributed by atoms with Crippen LogP contribution in [0.5, 0.6) is 5.75 Å². The zero-order valence-corrected chi connectivity index (χ0v) is 21.6. The number of hydrogen-bond acceptors (Lipinski definition) is 6. The molecule has 2 atom stereocenters. The smallest absolute Gasteiger partial charge is 0.141 e. The van der Waals surface area contributed by atoms with Crippen molar-refractivity contribution in [2.24, 2.45) is 0 Å². The average Bonchev–Trinajstić information content (AvgIpc) is 2.76. The number of carbonyl (C=O) groups excluding carboxylic acids is 1. The van der Waals surface area contributed by atoms with Gasteiger partial charge in [0.1, 0.15) is 30.0 Å². The Morgan fingerprint density at radius 1 is 1.12 bits per heavy atom. The van der Waals surface area contributed by atoms with Gasteiger partial charge in [0.2, 0.25) is 0 Å². The van der Waals surface area contributed by atoms with Crippen molar-refractivity contribution in [1.82, 2.24) is 0 Å². The molecule has 2 aromatic carbocycles. The van der Waals surface area contributed by atoms with Gasteiger partial charge in [0.15, 0.2) is 0 Å². The second-order valence-electron chi connectivity index (χ2n) is 7.85. The predicted molar refractivity (Wildman–Crippen MR) is 137 cm³/mol. The summed E-state index contributed by atoms with van der Waals surface area (Å²) in [6.45, 7) is 4.85. The van der Waals surface area contributed by atoms with Crippen LogP contribution >= 0.6 is 0 Å². The topological polar surface area (TPSA) is 95.9 Å². The van der Waals surface area contributed by atoms with Gasteiger partial charge < -0.3 is 19.1 Å². The maximum Gasteiger partial charge on any atom is 0.141 e. The molecule has 0 bridgehead atoms. The van der Waals surface area contributed by atoms with E-state index in [1.165, 1.54) is 0 Å². The SMILES string of the molecule is C=S(=O)([O-])c1ccc(C)cc1.CCOCC(O)COc1ccc(CC(=O)CC[S+](C)C)cc1. The third kappa shape index (κ3) is 13.5. The van der Waals surface area contributed by atoms with Gasteiger partial charge in [-0.2, -0.15) is 0 Å². The molecule has 0 aromatic heterocycles. The highest BCUT2D eigenvalue weighted by atomic mass is 32.2. The lowest BCUT2D eigenvalue weighted by atomic mass is 10.1. The highest BCUT2D eigenvalue weighted by Gasteiger charge is 2.10. The minimum atomic E-state index is -3.27. The molecule has 0 aliphatic heterocycles. The first kappa shape index (κ1) is 29.2. The van der Waals surface area contributed by atoms with Crippen LogP contribution in [0, 0.1) is 6.92 Å². The van der Waals surface area contributed by atoms with Crippen LogP contribution in [0.3, 0.4) is 0 Å². The summed E-state index contributed by atoms with van der Waals surface area (Å²) in [4.78, 5) is 12.1. The second-order valence-corrected chi connectivity index (χ2v) is 11.9. The van der Waals surface area contributed by atoms with Gasteiger partial charge >= 0.3 is 0 Å². The number of aryl methyl sites for hydroxylation is 1. The van der Waals surface area contributed by atoms with Gasteiger partial charge in [-0.3, -0.25) is 9.00 Å². The van der Waals surface area contributed by atoms with Crippen molar-refractivity contribution in [3.8, 4) is 5.75 Å². The lowest BCUT2D eigenvalue weighted by Gasteiger charge is -2.12. The van der Waals surface area contributed by atoms with Crippen molar-refractivity contribution in [3.05, 3.63) is 59.7 Å². The Morgan fingerprint density at radius 2 is 1.73 bits per heavy atom. The molecule has 6 nitrogen and oxygen atoms in total. The summed E-state index contributed by atoms with van der Waals surface area (Å²) in [7, 11) is -2.95. The normalized spacial score (nSPS) is 13.5. The van der Waals surface area contributed by atoms with Crippen molar-refractivity contribution in [1.29, 1.82) is 0 Å². The molecule has 184 valence electrons. The number of hydrogen-bond donors (Lipinski definition) is 1. The maximum absolute atomic E-state index is 11.8. The molecule has 2 aromatic rings. The number of aliphatic hydroxyl groups is 1. The number of Topliss-reactive ketones (excluding diaryl/α,β-unsaturated/α-hetero) is 1. The Kier molecular flexibility index (Phi) is 13.4. The molecule has 1 N–H and O–H groups in total. The van der Waals surface area contributed by atoms with Crippen LogP contribution in [-0.2, 0) is 36.6 Å². The molecule has 0 saturated carbocycles. The van der Waals surface area contributed by atoms with Crippen molar-refractivity contribution in [2.45, 2.75) is 37.7 Å². The van der Waals surface area contributed by atoms with Crippen molar-refractivity contribution >= 4 is 32.4 Å². The Morgan fingerprint density at radius 3 is 2.24 bits per heavy atom. The summed E-state index contributed by atoms with van der Waals surface area (Å²) < 4.78 is 32.3. The number of rotatable bonds is 12. The third-order valence-corrected chi connectivity index (χ3v) is 6.46. The van der Waals surface area contributed by atoms with Crippen LogP contribution < -0.4 is 4.74 Å². The van der Waals surface area contributed by atoms with Crippen LogP contribution in [0.25, 0.3) is 0 Å². The van der Waals surface area contributed by atoms with Gasteiger partial charge in [0.25, 0.3) is 0 Å². The Labute approximate surface area is 201 Å². The molecule has 8 heteroatoms. The molecular formula is C25H36O6S2. The first-order valence-corrected chi connectivity index (χ1v) is 14.6. The highest BCUT2D eigenvalue weighted by molar-refractivity contribution is 7.95. The largest absolute Gasteiger partial charge is 0.774 e. The summed E-state index contributed by atoms with van der Waals surface area (Å²) in [6, 6.07) is 14.1. The van der Waals surface area contributed by atoms with E-state index < -0.39 is 15.9 Å². The van der Waals surface area contributed by atoms with Gasteiger partial charge in [-0.05, 0) is 54.6 Å². The van der Waals surface area contributed by atoms with Crippen LogP contribution in [0.1, 0.15) is 24.5 Å². The number of benzene rings is 2. The van der Waals surface area contributed by atoms with E-state index in [1.54, 1.807) is 24.3 Å². The van der Waals surface area contributed by atoms with E-state index in [2.05, 4.69) is 18.4 Å². The highest BCUT2D eigenvalue weighted by Crippen LogP contribution is 2.14. The summed E-state index contributed by atoms with van der Waals surface area (Å²) in [6.07, 6.45) is 4.80. The van der Waals surface area contributed by atoms with Gasteiger partial charge in [-0.15, -0.1) is 0 Å². The van der Waals surface area contributed by atoms with E-state index in [0.29, 0.717) is 36.1 Å². The molecular weight excluding hydrogens is 460 g/mol. The molecule has 33 heavy (non-hydrogen) atoms. The second kappa shape index (κ2) is 15.1. The minimum Gasteiger partial charge on any atom is -0.774 e. The lowest BCUT2D eigenvalue weighted by Crippen LogP contribution is -2.23. The van der Waals surface area contributed by atoms with Gasteiger partial charge in [0, 0.05) is 17.9 Å². The molecule has 0 aliphatic rings. The fourth-order valence-corrected chi connectivity index (χ4v) is 3.76. The summed E-state index contributed by atoms with van der Waals surface area (Å²) in [5.41, 5.74) is 2.04. The van der Waals surface area contributed by atoms with E-state index in [-0.39, 0.29) is 23.9 Å². The molecule has 2 unspecified atom stereocenters. The molecule has 0 saturated heterocycles. The van der Waals surface area contributed by atoms with Gasteiger partial charge in [-0.25, -0.2) is 0 Å². The van der Waals surface area contributed by atoms with Crippen LogP contribution in [-0.4, -0.2) is 69.7 Å². The third-order valence-electron chi connectivity index (χ3n) is 4.45. The quantitative estimate of drug-likeness (QED) is 0.358. The average molecular weight is 497 g/mol.